The molecule has 0 saturated heterocycles. The summed E-state index contributed by atoms with van der Waals surface area (Å²) in [5, 5.41) is 0. The van der Waals surface area contributed by atoms with Gasteiger partial charge in [0.2, 0.25) is 11.8 Å². The van der Waals surface area contributed by atoms with Gasteiger partial charge in [0, 0.05) is 29.4 Å². The van der Waals surface area contributed by atoms with Gasteiger partial charge in [-0.2, -0.15) is 0 Å². The minimum Gasteiger partial charge on any atom is -0.370 e. The van der Waals surface area contributed by atoms with Gasteiger partial charge in [-0.15, -0.1) is 0 Å². The molecule has 6 heteroatoms. The van der Waals surface area contributed by atoms with Crippen LogP contribution in [0, 0.1) is 23.1 Å². The zero-order valence-electron chi connectivity index (χ0n) is 15.4. The minimum absolute atomic E-state index is 0.0147. The number of nitrogens with two attached hydrogens (primary N) is 1. The highest BCUT2D eigenvalue weighted by molar-refractivity contribution is 9.10. The molecular weight excluding hydrogens is 411 g/mol. The van der Waals surface area contributed by atoms with E-state index in [0.29, 0.717) is 23.9 Å². The number of anilines is 1. The van der Waals surface area contributed by atoms with E-state index in [1.165, 1.54) is 31.4 Å². The van der Waals surface area contributed by atoms with Gasteiger partial charge in [-0.25, -0.2) is 4.39 Å². The van der Waals surface area contributed by atoms with Crippen LogP contribution in [0.15, 0.2) is 24.3 Å². The lowest BCUT2D eigenvalue weighted by Gasteiger charge is -2.60. The van der Waals surface area contributed by atoms with Crippen LogP contribution in [0.1, 0.15) is 51.4 Å². The Morgan fingerprint density at radius 2 is 1.78 bits per heavy atom. The van der Waals surface area contributed by atoms with Gasteiger partial charge in [0.1, 0.15) is 5.82 Å². The molecule has 2 amide bonds. The van der Waals surface area contributed by atoms with Crippen molar-refractivity contribution in [1.29, 1.82) is 0 Å². The summed E-state index contributed by atoms with van der Waals surface area (Å²) in [6.07, 6.45) is 7.63. The molecule has 4 aliphatic carbocycles. The molecule has 1 aromatic rings. The molecule has 4 saturated carbocycles. The Morgan fingerprint density at radius 1 is 1.15 bits per heavy atom. The fraction of sp³-hybridized carbons (Fsp3) is 0.619. The van der Waals surface area contributed by atoms with Crippen LogP contribution in [0.2, 0.25) is 0 Å². The maximum Gasteiger partial charge on any atom is 0.227 e. The van der Waals surface area contributed by atoms with Gasteiger partial charge < -0.3 is 10.6 Å². The van der Waals surface area contributed by atoms with Gasteiger partial charge in [-0.1, -0.05) is 15.9 Å². The minimum atomic E-state index is -0.441. The van der Waals surface area contributed by atoms with Crippen LogP contribution in [0.3, 0.4) is 0 Å². The predicted molar refractivity (Wildman–Crippen MR) is 106 cm³/mol. The third-order valence-electron chi connectivity index (χ3n) is 6.66. The highest BCUT2D eigenvalue weighted by Crippen LogP contribution is 2.65. The van der Waals surface area contributed by atoms with Crippen molar-refractivity contribution in [2.75, 3.05) is 11.4 Å². The van der Waals surface area contributed by atoms with Gasteiger partial charge in [-0.05, 0) is 80.0 Å². The second-order valence-corrected chi connectivity index (χ2v) is 10.7. The lowest BCUT2D eigenvalue weighted by molar-refractivity contribution is -0.125. The zero-order valence-corrected chi connectivity index (χ0v) is 17.0. The van der Waals surface area contributed by atoms with Crippen molar-refractivity contribution in [3.05, 3.63) is 30.1 Å². The van der Waals surface area contributed by atoms with E-state index in [9.17, 15) is 14.0 Å². The first-order chi connectivity index (χ1) is 12.8. The van der Waals surface area contributed by atoms with Crippen molar-refractivity contribution < 1.29 is 14.0 Å². The Bertz CT molecular complexity index is 737. The SMILES string of the molecule is NC(=O)CCN(C(=O)CC12CC3CC(CC(Br)(C3)C1)C2)c1ccc(F)cc1. The second kappa shape index (κ2) is 6.87. The molecular formula is C21H26BrFN2O2. The van der Waals surface area contributed by atoms with E-state index >= 15 is 0 Å². The number of hydrogen-bond acceptors (Lipinski definition) is 2. The first kappa shape index (κ1) is 18.9. The fourth-order valence-electron chi connectivity index (χ4n) is 6.20. The van der Waals surface area contributed by atoms with Gasteiger partial charge >= 0.3 is 0 Å². The van der Waals surface area contributed by atoms with Crippen molar-refractivity contribution in [3.8, 4) is 0 Å². The van der Waals surface area contributed by atoms with E-state index in [0.717, 1.165) is 19.3 Å². The quantitative estimate of drug-likeness (QED) is 0.680. The number of alkyl halides is 1. The van der Waals surface area contributed by atoms with Crippen LogP contribution in [0.5, 0.6) is 0 Å². The Morgan fingerprint density at radius 3 is 2.33 bits per heavy atom. The molecule has 1 aromatic carbocycles. The smallest absolute Gasteiger partial charge is 0.227 e. The number of hydrogen-bond donors (Lipinski definition) is 1. The van der Waals surface area contributed by atoms with Gasteiger partial charge in [0.25, 0.3) is 0 Å². The monoisotopic (exact) mass is 436 g/mol. The standard InChI is InChI=1S/C21H26BrFN2O2/c22-21-10-14-7-15(11-21)9-20(8-14,13-21)12-19(27)25(6-5-18(24)26)17-3-1-16(23)2-4-17/h1-4,14-15H,5-13H2,(H2,24,26). The number of amides is 2. The largest absolute Gasteiger partial charge is 0.370 e. The van der Waals surface area contributed by atoms with Crippen molar-refractivity contribution in [2.45, 2.75) is 55.7 Å². The molecule has 5 rings (SSSR count). The average molecular weight is 437 g/mol. The molecule has 2 N–H and O–H groups in total. The molecule has 0 spiro atoms. The number of halogens is 2. The Kier molecular flexibility index (Phi) is 4.81. The topological polar surface area (TPSA) is 63.4 Å². The Balaban J connectivity index is 1.54. The highest BCUT2D eigenvalue weighted by atomic mass is 79.9. The molecule has 146 valence electrons. The first-order valence-corrected chi connectivity index (χ1v) is 10.6. The molecule has 4 fully saturated rings. The number of rotatable bonds is 6. The Hall–Kier alpha value is -1.43. The molecule has 0 aliphatic heterocycles. The number of carbonyl (C=O) groups is 2. The van der Waals surface area contributed by atoms with Crippen LogP contribution >= 0.6 is 15.9 Å². The number of nitrogens with zero attached hydrogens (tertiary/aromatic N) is 1. The van der Waals surface area contributed by atoms with Crippen molar-refractivity contribution in [3.63, 3.8) is 0 Å². The molecule has 4 nitrogen and oxygen atoms in total. The molecule has 4 aliphatic rings. The van der Waals surface area contributed by atoms with E-state index in [1.54, 1.807) is 17.0 Å². The normalized spacial score (nSPS) is 33.9. The molecule has 27 heavy (non-hydrogen) atoms. The van der Waals surface area contributed by atoms with Crippen molar-refractivity contribution in [2.24, 2.45) is 23.0 Å². The average Bonchev–Trinajstić information content (AvgIpc) is 2.53. The van der Waals surface area contributed by atoms with Gasteiger partial charge in [0.15, 0.2) is 0 Å². The molecule has 0 radical (unpaired) electrons. The van der Waals surface area contributed by atoms with Crippen LogP contribution in [-0.2, 0) is 9.59 Å². The first-order valence-electron chi connectivity index (χ1n) is 9.79. The van der Waals surface area contributed by atoms with Gasteiger partial charge in [-0.3, -0.25) is 9.59 Å². The highest BCUT2D eigenvalue weighted by Gasteiger charge is 2.57. The summed E-state index contributed by atoms with van der Waals surface area (Å²) in [7, 11) is 0. The number of benzene rings is 1. The van der Waals surface area contributed by atoms with Crippen molar-refractivity contribution in [1.82, 2.24) is 0 Å². The molecule has 2 unspecified atom stereocenters. The number of carbonyl (C=O) groups excluding carboxylic acids is 2. The maximum atomic E-state index is 13.3. The van der Waals surface area contributed by atoms with Crippen LogP contribution in [0.4, 0.5) is 10.1 Å². The Labute approximate surface area is 167 Å². The summed E-state index contributed by atoms with van der Waals surface area (Å²) in [5.41, 5.74) is 5.98. The zero-order chi connectivity index (χ0) is 19.2. The number of primary amides is 1. The fourth-order valence-corrected chi connectivity index (χ4v) is 7.71. The summed E-state index contributed by atoms with van der Waals surface area (Å²) in [6, 6.07) is 5.88. The lowest BCUT2D eigenvalue weighted by Crippen LogP contribution is -2.54. The maximum absolute atomic E-state index is 13.3. The summed E-state index contributed by atoms with van der Waals surface area (Å²) in [6.45, 7) is 0.238. The van der Waals surface area contributed by atoms with E-state index in [4.69, 9.17) is 5.73 Å². The summed E-state index contributed by atoms with van der Waals surface area (Å²) < 4.78 is 13.5. The summed E-state index contributed by atoms with van der Waals surface area (Å²) >= 11 is 3.99. The molecule has 0 aromatic heterocycles. The predicted octanol–water partition coefficient (Wildman–Crippen LogP) is 4.16. The van der Waals surface area contributed by atoms with Crippen LogP contribution in [0.25, 0.3) is 0 Å². The third-order valence-corrected chi connectivity index (χ3v) is 7.59. The molecule has 2 atom stereocenters. The van der Waals surface area contributed by atoms with E-state index in [-0.39, 0.29) is 34.4 Å². The van der Waals surface area contributed by atoms with Crippen LogP contribution in [-0.4, -0.2) is 22.7 Å². The van der Waals surface area contributed by atoms with Crippen LogP contribution < -0.4 is 10.6 Å². The molecule has 4 bridgehead atoms. The molecule has 0 heterocycles. The summed E-state index contributed by atoms with van der Waals surface area (Å²) in [5.74, 6) is 0.653. The van der Waals surface area contributed by atoms with E-state index < -0.39 is 5.91 Å². The van der Waals surface area contributed by atoms with Gasteiger partial charge in [0.05, 0.1) is 0 Å². The third kappa shape index (κ3) is 3.91. The van der Waals surface area contributed by atoms with E-state index in [2.05, 4.69) is 15.9 Å². The van der Waals surface area contributed by atoms with E-state index in [1.807, 2.05) is 0 Å². The lowest BCUT2D eigenvalue weighted by atomic mass is 9.48. The van der Waals surface area contributed by atoms with Crippen molar-refractivity contribution >= 4 is 33.4 Å². The summed E-state index contributed by atoms with van der Waals surface area (Å²) in [4.78, 5) is 26.2. The second-order valence-electron chi connectivity index (χ2n) is 9.03.